The molecule has 2 rings (SSSR count). The van der Waals surface area contributed by atoms with Crippen LogP contribution in [-0.2, 0) is 13.0 Å². The molecule has 0 fully saturated rings. The number of aliphatic hydroxyl groups excluding tert-OH is 1. The van der Waals surface area contributed by atoms with E-state index in [1.807, 2.05) is 0 Å². The van der Waals surface area contributed by atoms with Gasteiger partial charge in [0.25, 0.3) is 0 Å². The molecule has 2 heteroatoms. The molecule has 2 aromatic rings. The van der Waals surface area contributed by atoms with Crippen molar-refractivity contribution in [1.29, 1.82) is 0 Å². The average molecular weight is 259 g/mol. The largest absolute Gasteiger partial charge is 0.396 e. The van der Waals surface area contributed by atoms with Crippen molar-refractivity contribution in [2.24, 2.45) is 0 Å². The molecule has 1 N–H and O–H groups in total. The van der Waals surface area contributed by atoms with Crippen molar-refractivity contribution in [3.05, 3.63) is 35.0 Å². The van der Waals surface area contributed by atoms with Gasteiger partial charge < -0.3 is 9.67 Å². The lowest BCUT2D eigenvalue weighted by molar-refractivity contribution is 0.288. The fraction of sp³-hybridized carbons (Fsp3) is 0.529. The summed E-state index contributed by atoms with van der Waals surface area (Å²) in [5.74, 6) is 0. The highest BCUT2D eigenvalue weighted by Gasteiger charge is 2.11. The van der Waals surface area contributed by atoms with Crippen molar-refractivity contribution in [1.82, 2.24) is 4.57 Å². The summed E-state index contributed by atoms with van der Waals surface area (Å²) in [6.07, 6.45) is 6.55. The van der Waals surface area contributed by atoms with E-state index in [4.69, 9.17) is 5.11 Å². The van der Waals surface area contributed by atoms with Gasteiger partial charge in [0, 0.05) is 30.3 Å². The molecule has 0 unspecified atom stereocenters. The van der Waals surface area contributed by atoms with Gasteiger partial charge in [-0.2, -0.15) is 0 Å². The molecule has 1 aromatic heterocycles. The van der Waals surface area contributed by atoms with E-state index in [9.17, 15) is 0 Å². The fourth-order valence-electron chi connectivity index (χ4n) is 2.88. The minimum absolute atomic E-state index is 0.270. The Morgan fingerprint density at radius 2 is 1.95 bits per heavy atom. The van der Waals surface area contributed by atoms with E-state index in [-0.39, 0.29) is 6.61 Å². The maximum atomic E-state index is 9.05. The Balaban J connectivity index is 2.49. The molecule has 0 amide bonds. The zero-order chi connectivity index (χ0) is 13.8. The third-order valence-corrected chi connectivity index (χ3v) is 3.76. The van der Waals surface area contributed by atoms with Crippen molar-refractivity contribution >= 4 is 10.9 Å². The SMILES string of the molecule is CCCCn1cc(CCCO)c2c(C)cc(C)cc21. The first-order valence-electron chi connectivity index (χ1n) is 7.37. The molecule has 1 heterocycles. The van der Waals surface area contributed by atoms with E-state index in [1.54, 1.807) is 0 Å². The summed E-state index contributed by atoms with van der Waals surface area (Å²) in [4.78, 5) is 0. The standard InChI is InChI=1S/C17H25NO/c1-4-5-8-18-12-15(7-6-9-19)17-14(3)10-13(2)11-16(17)18/h10-12,19H,4-9H2,1-3H3. The number of hydrogen-bond acceptors (Lipinski definition) is 1. The predicted molar refractivity (Wildman–Crippen MR) is 81.7 cm³/mol. The fourth-order valence-corrected chi connectivity index (χ4v) is 2.88. The van der Waals surface area contributed by atoms with E-state index in [0.29, 0.717) is 0 Å². The summed E-state index contributed by atoms with van der Waals surface area (Å²) in [5.41, 5.74) is 5.43. The molecular weight excluding hydrogens is 234 g/mol. The molecule has 0 atom stereocenters. The lowest BCUT2D eigenvalue weighted by Crippen LogP contribution is -1.95. The van der Waals surface area contributed by atoms with E-state index in [0.717, 1.165) is 19.4 Å². The smallest absolute Gasteiger partial charge is 0.0488 e. The average Bonchev–Trinajstić information content (AvgIpc) is 2.72. The highest BCUT2D eigenvalue weighted by Crippen LogP contribution is 2.27. The summed E-state index contributed by atoms with van der Waals surface area (Å²) >= 11 is 0. The van der Waals surface area contributed by atoms with Crippen LogP contribution >= 0.6 is 0 Å². The van der Waals surface area contributed by atoms with Crippen LogP contribution < -0.4 is 0 Å². The molecule has 0 spiro atoms. The van der Waals surface area contributed by atoms with Gasteiger partial charge in [-0.1, -0.05) is 19.4 Å². The number of aromatic nitrogens is 1. The van der Waals surface area contributed by atoms with E-state index in [2.05, 4.69) is 43.7 Å². The van der Waals surface area contributed by atoms with Gasteiger partial charge in [0.15, 0.2) is 0 Å². The molecule has 0 bridgehead atoms. The van der Waals surface area contributed by atoms with Gasteiger partial charge in [0.2, 0.25) is 0 Å². The summed E-state index contributed by atoms with van der Waals surface area (Å²) in [6.45, 7) is 7.95. The quantitative estimate of drug-likeness (QED) is 0.834. The first-order valence-corrected chi connectivity index (χ1v) is 7.37. The Kier molecular flexibility index (Phi) is 4.65. The molecule has 0 aliphatic rings. The summed E-state index contributed by atoms with van der Waals surface area (Å²) in [7, 11) is 0. The maximum Gasteiger partial charge on any atom is 0.0488 e. The van der Waals surface area contributed by atoms with Crippen LogP contribution in [0.2, 0.25) is 0 Å². The number of aliphatic hydroxyl groups is 1. The number of nitrogens with zero attached hydrogens (tertiary/aromatic N) is 1. The Morgan fingerprint density at radius 3 is 2.63 bits per heavy atom. The first kappa shape index (κ1) is 14.1. The third kappa shape index (κ3) is 3.01. The molecule has 0 saturated heterocycles. The van der Waals surface area contributed by atoms with Gasteiger partial charge >= 0.3 is 0 Å². The third-order valence-electron chi connectivity index (χ3n) is 3.76. The molecule has 0 saturated carbocycles. The van der Waals surface area contributed by atoms with Crippen LogP contribution in [0.4, 0.5) is 0 Å². The molecule has 0 aliphatic carbocycles. The van der Waals surface area contributed by atoms with Crippen LogP contribution in [0.15, 0.2) is 18.3 Å². The Labute approximate surface area is 116 Å². The van der Waals surface area contributed by atoms with Gasteiger partial charge in [0.1, 0.15) is 0 Å². The number of hydrogen-bond donors (Lipinski definition) is 1. The van der Waals surface area contributed by atoms with Crippen LogP contribution in [-0.4, -0.2) is 16.3 Å². The zero-order valence-electron chi connectivity index (χ0n) is 12.4. The van der Waals surface area contributed by atoms with Gasteiger partial charge in [-0.25, -0.2) is 0 Å². The lowest BCUT2D eigenvalue weighted by atomic mass is 10.0. The summed E-state index contributed by atoms with van der Waals surface area (Å²) in [5, 5.41) is 10.5. The second-order valence-electron chi connectivity index (χ2n) is 5.50. The van der Waals surface area contributed by atoms with Crippen LogP contribution in [0.5, 0.6) is 0 Å². The van der Waals surface area contributed by atoms with Gasteiger partial charge in [0.05, 0.1) is 0 Å². The highest BCUT2D eigenvalue weighted by atomic mass is 16.2. The van der Waals surface area contributed by atoms with Gasteiger partial charge in [-0.05, 0) is 55.9 Å². The second kappa shape index (κ2) is 6.25. The van der Waals surface area contributed by atoms with Crippen molar-refractivity contribution in [3.8, 4) is 0 Å². The lowest BCUT2D eigenvalue weighted by Gasteiger charge is -2.06. The van der Waals surface area contributed by atoms with Gasteiger partial charge in [-0.15, -0.1) is 0 Å². The van der Waals surface area contributed by atoms with Crippen molar-refractivity contribution in [2.75, 3.05) is 6.61 Å². The normalized spacial score (nSPS) is 11.4. The number of aryl methyl sites for hydroxylation is 4. The molecular formula is C17H25NO. The summed E-state index contributed by atoms with van der Waals surface area (Å²) < 4.78 is 2.39. The van der Waals surface area contributed by atoms with Crippen LogP contribution in [0.1, 0.15) is 42.9 Å². The number of rotatable bonds is 6. The number of unbranched alkanes of at least 4 members (excludes halogenated alkanes) is 1. The Morgan fingerprint density at radius 1 is 1.16 bits per heavy atom. The minimum atomic E-state index is 0.270. The predicted octanol–water partition coefficient (Wildman–Crippen LogP) is 3.98. The van der Waals surface area contributed by atoms with Crippen LogP contribution in [0.25, 0.3) is 10.9 Å². The maximum absolute atomic E-state index is 9.05. The molecule has 1 aromatic carbocycles. The molecule has 2 nitrogen and oxygen atoms in total. The molecule has 0 radical (unpaired) electrons. The van der Waals surface area contributed by atoms with Crippen molar-refractivity contribution < 1.29 is 5.11 Å². The van der Waals surface area contributed by atoms with Crippen molar-refractivity contribution in [3.63, 3.8) is 0 Å². The number of benzene rings is 1. The Bertz CT molecular complexity index is 554. The van der Waals surface area contributed by atoms with E-state index >= 15 is 0 Å². The zero-order valence-corrected chi connectivity index (χ0v) is 12.4. The van der Waals surface area contributed by atoms with E-state index < -0.39 is 0 Å². The van der Waals surface area contributed by atoms with Crippen molar-refractivity contribution in [2.45, 2.75) is 53.0 Å². The minimum Gasteiger partial charge on any atom is -0.396 e. The molecule has 19 heavy (non-hydrogen) atoms. The van der Waals surface area contributed by atoms with Crippen LogP contribution in [0, 0.1) is 13.8 Å². The molecule has 0 aliphatic heterocycles. The Hall–Kier alpha value is -1.28. The molecule has 104 valence electrons. The monoisotopic (exact) mass is 259 g/mol. The topological polar surface area (TPSA) is 25.2 Å². The first-order chi connectivity index (χ1) is 9.17. The second-order valence-corrected chi connectivity index (χ2v) is 5.50. The van der Waals surface area contributed by atoms with Gasteiger partial charge in [-0.3, -0.25) is 0 Å². The van der Waals surface area contributed by atoms with Crippen LogP contribution in [0.3, 0.4) is 0 Å². The number of fused-ring (bicyclic) bond motifs is 1. The summed E-state index contributed by atoms with van der Waals surface area (Å²) in [6, 6.07) is 4.55. The van der Waals surface area contributed by atoms with E-state index in [1.165, 1.54) is 40.4 Å². The highest BCUT2D eigenvalue weighted by molar-refractivity contribution is 5.88.